The van der Waals surface area contributed by atoms with Crippen LogP contribution in [0.15, 0.2) is 141 Å². The Labute approximate surface area is 551 Å². The van der Waals surface area contributed by atoms with Crippen LogP contribution in [0, 0.1) is 0 Å². The van der Waals surface area contributed by atoms with E-state index in [-0.39, 0.29) is 86.6 Å². The number of aliphatic hydroxyl groups is 1. The summed E-state index contributed by atoms with van der Waals surface area (Å²) in [6.45, 7) is -0.411. The van der Waals surface area contributed by atoms with Crippen LogP contribution in [0.2, 0.25) is 0 Å². The number of nitrogens with zero attached hydrogens (tertiary/aromatic N) is 4. The third-order valence-electron chi connectivity index (χ3n) is 15.0. The Kier molecular flexibility index (Phi) is 17.0. The summed E-state index contributed by atoms with van der Waals surface area (Å²) in [4.78, 5) is 115. The molecule has 5 aliphatic heterocycles. The van der Waals surface area contributed by atoms with Gasteiger partial charge in [-0.05, 0) is 124 Å². The maximum atomic E-state index is 14.3. The van der Waals surface area contributed by atoms with Crippen LogP contribution in [0.25, 0.3) is 24.3 Å². The van der Waals surface area contributed by atoms with Crippen LogP contribution in [0.4, 0.5) is 0 Å². The number of rotatable bonds is 12. The number of fused-ring (bicyclic) bond motifs is 5. The van der Waals surface area contributed by atoms with Gasteiger partial charge in [0.1, 0.15) is 29.5 Å². The molecule has 450 valence electrons. The highest BCUT2D eigenvalue weighted by Gasteiger charge is 2.52. The van der Waals surface area contributed by atoms with Crippen LogP contribution >= 0.6 is 95.9 Å². The first-order chi connectivity index (χ1) is 43.0. The Morgan fingerprint density at radius 3 is 1.12 bits per heavy atom. The van der Waals surface area contributed by atoms with Crippen LogP contribution in [-0.2, 0) is 25.6 Å². The second-order valence-electron chi connectivity index (χ2n) is 20.8. The fraction of sp³-hybridized carbons (Fsp3) is 0.125. The van der Waals surface area contributed by atoms with Gasteiger partial charge in [-0.1, -0.05) is 151 Å². The topological polar surface area (TPSA) is 216 Å². The summed E-state index contributed by atoms with van der Waals surface area (Å²) in [5.41, 5.74) is 2.18. The predicted molar refractivity (Wildman–Crippen MR) is 358 cm³/mol. The molecule has 4 amide bonds. The maximum Gasteiger partial charge on any atom is 0.343 e. The number of esters is 4. The number of hydrogen-bond donors (Lipinski definition) is 1. The van der Waals surface area contributed by atoms with Gasteiger partial charge in [0.25, 0.3) is 23.6 Å². The minimum absolute atomic E-state index is 0.0610. The van der Waals surface area contributed by atoms with E-state index in [0.717, 1.165) is 47.0 Å². The van der Waals surface area contributed by atoms with Gasteiger partial charge in [0.15, 0.2) is 23.0 Å². The zero-order chi connectivity index (χ0) is 63.6. The summed E-state index contributed by atoms with van der Waals surface area (Å²) in [6, 6.07) is 30.9. The number of benzene rings is 6. The number of carbonyl (C=O) groups is 8. The van der Waals surface area contributed by atoms with Crippen molar-refractivity contribution in [3.8, 4) is 28.7 Å². The standard InChI is InChI=1S/C64H42N4O14S8/c1-65-52(69)45(87-60(65)83)23-31-5-13-35(14-6-31)56(73)79-42-22-21-40-49-41-28-44(81-58(75)37-17-9-33(10-18-37)25-47-54(71)67(3)62(85)89-47)43(80-57(74)36-15-7-32(8-16-36)24-46-53(70)66(2)61(84)88-46)27-39(41)29-64(49,77)30-78-50(40)51(42)82-59(76)38-19-11-34(12-20-38)26-48-55(72)68(4)63(86)90-48/h5-28,49,77H,29-30H2,1-4H3/b45-23-,46-24-,47-25-,48-26-/t49-,64+/m0/s1. The number of thioether (sulfide) groups is 4. The van der Waals surface area contributed by atoms with Crippen molar-refractivity contribution in [2.24, 2.45) is 0 Å². The molecular weight excluding hydrogens is 1310 g/mol. The summed E-state index contributed by atoms with van der Waals surface area (Å²) in [7, 11) is 6.33. The monoisotopic (exact) mass is 1350 g/mol. The van der Waals surface area contributed by atoms with Crippen molar-refractivity contribution in [2.75, 3.05) is 34.8 Å². The van der Waals surface area contributed by atoms with E-state index in [1.165, 1.54) is 86.3 Å². The van der Waals surface area contributed by atoms with E-state index in [4.69, 9.17) is 72.6 Å². The van der Waals surface area contributed by atoms with Crippen LogP contribution in [0.3, 0.4) is 0 Å². The third-order valence-corrected chi connectivity index (χ3v) is 20.9. The highest BCUT2D eigenvalue weighted by molar-refractivity contribution is 8.28. The van der Waals surface area contributed by atoms with Gasteiger partial charge in [0, 0.05) is 46.1 Å². The van der Waals surface area contributed by atoms with E-state index in [0.29, 0.717) is 70.3 Å². The van der Waals surface area contributed by atoms with E-state index in [1.54, 1.807) is 107 Å². The zero-order valence-electron chi connectivity index (χ0n) is 47.2. The summed E-state index contributed by atoms with van der Waals surface area (Å²) < 4.78 is 32.3. The van der Waals surface area contributed by atoms with Crippen molar-refractivity contribution in [3.05, 3.63) is 202 Å². The fourth-order valence-corrected chi connectivity index (χ4v) is 14.8. The Balaban J connectivity index is 0.888. The molecule has 18 nitrogen and oxygen atoms in total. The Morgan fingerprint density at radius 1 is 0.467 bits per heavy atom. The van der Waals surface area contributed by atoms with Crippen molar-refractivity contribution in [1.82, 2.24) is 19.6 Å². The molecular formula is C64H42N4O14S8. The minimum Gasteiger partial charge on any atom is -0.486 e. The molecule has 0 radical (unpaired) electrons. The molecule has 6 aliphatic rings. The van der Waals surface area contributed by atoms with Gasteiger partial charge in [-0.25, -0.2) is 19.2 Å². The van der Waals surface area contributed by atoms with Gasteiger partial charge < -0.3 is 28.8 Å². The SMILES string of the molecule is CN1C(=O)/C(=C/c2ccc(C(=O)Oc3cc4c(cc3OC(=O)c3ccc(/C=C5\SC(=S)N(C)C5=O)cc3)[C@@H]3c5ccc(OC(=O)c6ccc(/C=C7\SC(=S)N(C)C7=O)cc6)c(OC(=O)c6ccc(/C=C7\SC(=S)N(C)C7=O)cc6)c5OC[C@]3(O)C4)cc2)SC1=S. The summed E-state index contributed by atoms with van der Waals surface area (Å²) >= 11 is 25.7. The average Bonchev–Trinajstić information content (AvgIpc) is 1.52. The molecule has 6 aromatic carbocycles. The first-order valence-corrected chi connectivity index (χ1v) is 31.7. The van der Waals surface area contributed by atoms with Crippen molar-refractivity contribution in [3.63, 3.8) is 0 Å². The predicted octanol–water partition coefficient (Wildman–Crippen LogP) is 10.7. The second-order valence-corrected chi connectivity index (χ2v) is 27.5. The second kappa shape index (κ2) is 24.7. The molecule has 12 rings (SSSR count). The first-order valence-electron chi connectivity index (χ1n) is 26.8. The van der Waals surface area contributed by atoms with E-state index >= 15 is 0 Å². The Hall–Kier alpha value is -8.44. The quantitative estimate of drug-likeness (QED) is 0.0521. The highest BCUT2D eigenvalue weighted by atomic mass is 32.2. The molecule has 90 heavy (non-hydrogen) atoms. The molecule has 6 aromatic rings. The highest BCUT2D eigenvalue weighted by Crippen LogP contribution is 2.57. The number of amides is 4. The first kappa shape index (κ1) is 61.8. The summed E-state index contributed by atoms with van der Waals surface area (Å²) in [5.74, 6) is -6.53. The van der Waals surface area contributed by atoms with Crippen molar-refractivity contribution in [2.45, 2.75) is 17.9 Å². The van der Waals surface area contributed by atoms with Gasteiger partial charge in [0.05, 0.1) is 41.9 Å². The van der Waals surface area contributed by atoms with Crippen molar-refractivity contribution in [1.29, 1.82) is 0 Å². The maximum absolute atomic E-state index is 14.3. The fourth-order valence-electron chi connectivity index (χ4n) is 10.1. The Morgan fingerprint density at radius 2 is 0.789 bits per heavy atom. The van der Waals surface area contributed by atoms with Gasteiger partial charge in [-0.3, -0.25) is 38.8 Å². The lowest BCUT2D eigenvalue weighted by atomic mass is 9.80. The minimum atomic E-state index is -1.72. The number of ether oxygens (including phenoxy) is 5. The van der Waals surface area contributed by atoms with Crippen LogP contribution in [0.5, 0.6) is 28.7 Å². The molecule has 4 fully saturated rings. The Bertz CT molecular complexity index is 4390. The molecule has 0 spiro atoms. The van der Waals surface area contributed by atoms with E-state index in [1.807, 2.05) is 0 Å². The molecule has 26 heteroatoms. The lowest BCUT2D eigenvalue weighted by Gasteiger charge is -2.37. The molecule has 5 heterocycles. The smallest absolute Gasteiger partial charge is 0.343 e. The zero-order valence-corrected chi connectivity index (χ0v) is 53.7. The number of likely N-dealkylation sites (N-methyl/N-ethyl adjacent to an activating group) is 4. The van der Waals surface area contributed by atoms with Gasteiger partial charge in [0.2, 0.25) is 5.75 Å². The largest absolute Gasteiger partial charge is 0.486 e. The number of carbonyl (C=O) groups excluding carboxylic acids is 8. The van der Waals surface area contributed by atoms with Crippen LogP contribution in [0.1, 0.15) is 86.3 Å². The van der Waals surface area contributed by atoms with Crippen molar-refractivity contribution < 1.29 is 67.1 Å². The average molecular weight is 1350 g/mol. The number of hydrogen-bond acceptors (Lipinski definition) is 22. The van der Waals surface area contributed by atoms with Crippen LogP contribution in [-0.4, -0.2) is 130 Å². The third kappa shape index (κ3) is 12.1. The summed E-state index contributed by atoms with van der Waals surface area (Å²) in [5, 5.41) is 12.7. The normalized spacial score (nSPS) is 20.4. The lowest BCUT2D eigenvalue weighted by Crippen LogP contribution is -2.44. The van der Waals surface area contributed by atoms with Crippen molar-refractivity contribution >= 4 is 185 Å². The summed E-state index contributed by atoms with van der Waals surface area (Å²) in [6.07, 6.45) is 6.52. The van der Waals surface area contributed by atoms with Crippen LogP contribution < -0.4 is 23.7 Å². The van der Waals surface area contributed by atoms with E-state index in [2.05, 4.69) is 0 Å². The molecule has 0 bridgehead atoms. The van der Waals surface area contributed by atoms with Gasteiger partial charge in [-0.2, -0.15) is 0 Å². The number of thiocarbonyl (C=S) groups is 4. The lowest BCUT2D eigenvalue weighted by molar-refractivity contribution is -0.122. The van der Waals surface area contributed by atoms with Gasteiger partial charge >= 0.3 is 23.9 Å². The molecule has 0 aromatic heterocycles. The molecule has 1 N–H and O–H groups in total. The molecule has 1 aliphatic carbocycles. The molecule has 2 atom stereocenters. The van der Waals surface area contributed by atoms with E-state index in [9.17, 15) is 43.5 Å². The molecule has 0 unspecified atom stereocenters. The van der Waals surface area contributed by atoms with E-state index < -0.39 is 42.0 Å². The molecule has 4 saturated heterocycles. The van der Waals surface area contributed by atoms with Gasteiger partial charge in [-0.15, -0.1) is 0 Å². The molecule has 0 saturated carbocycles.